The first-order valence-electron chi connectivity index (χ1n) is 11.0. The van der Waals surface area contributed by atoms with Crippen molar-refractivity contribution in [3.05, 3.63) is 72.6 Å². The molecule has 1 fully saturated rings. The molecule has 1 atom stereocenters. The average Bonchev–Trinajstić information content (AvgIpc) is 2.88. The topological polar surface area (TPSA) is 111 Å². The SMILES string of the molecule is CCOC(=O)c1cnc(N2CCOC(CNS(=O)(=O)c3ccc(-c4ccccc4)cc3)C2)nc1. The third-order valence-corrected chi connectivity index (χ3v) is 6.78. The van der Waals surface area contributed by atoms with Gasteiger partial charge >= 0.3 is 5.97 Å². The van der Waals surface area contributed by atoms with Crippen LogP contribution in [0.1, 0.15) is 17.3 Å². The summed E-state index contributed by atoms with van der Waals surface area (Å²) in [5, 5.41) is 0. The van der Waals surface area contributed by atoms with Crippen LogP contribution in [-0.2, 0) is 19.5 Å². The number of nitrogens with one attached hydrogen (secondary N) is 1. The Bertz CT molecular complexity index is 1200. The number of anilines is 1. The molecule has 2 heterocycles. The molecule has 3 aromatic rings. The maximum atomic E-state index is 12.8. The quantitative estimate of drug-likeness (QED) is 0.488. The van der Waals surface area contributed by atoms with Gasteiger partial charge in [-0.2, -0.15) is 0 Å². The van der Waals surface area contributed by atoms with E-state index < -0.39 is 16.0 Å². The van der Waals surface area contributed by atoms with Crippen LogP contribution >= 0.6 is 0 Å². The van der Waals surface area contributed by atoms with E-state index in [0.29, 0.717) is 25.6 Å². The number of sulfonamides is 1. The summed E-state index contributed by atoms with van der Waals surface area (Å²) >= 11 is 0. The highest BCUT2D eigenvalue weighted by Gasteiger charge is 2.25. The Balaban J connectivity index is 1.35. The van der Waals surface area contributed by atoms with E-state index in [0.717, 1.165) is 11.1 Å². The molecular weight excluding hydrogens is 456 g/mol. The lowest BCUT2D eigenvalue weighted by molar-refractivity contribution is 0.0436. The summed E-state index contributed by atoms with van der Waals surface area (Å²) in [6.07, 6.45) is 2.47. The van der Waals surface area contributed by atoms with Crippen molar-refractivity contribution in [3.8, 4) is 11.1 Å². The molecule has 1 aliphatic heterocycles. The van der Waals surface area contributed by atoms with Gasteiger partial charge < -0.3 is 14.4 Å². The zero-order valence-corrected chi connectivity index (χ0v) is 19.6. The maximum Gasteiger partial charge on any atom is 0.341 e. The molecule has 0 aliphatic carbocycles. The minimum absolute atomic E-state index is 0.111. The van der Waals surface area contributed by atoms with E-state index in [1.165, 1.54) is 12.4 Å². The summed E-state index contributed by atoms with van der Waals surface area (Å²) in [5.74, 6) is -0.0270. The molecule has 9 nitrogen and oxygen atoms in total. The second kappa shape index (κ2) is 10.7. The summed E-state index contributed by atoms with van der Waals surface area (Å²) in [6, 6.07) is 16.5. The van der Waals surface area contributed by atoms with Crippen LogP contribution in [0.2, 0.25) is 0 Å². The molecule has 1 saturated heterocycles. The Morgan fingerprint density at radius 2 is 1.76 bits per heavy atom. The number of ether oxygens (including phenoxy) is 2. The van der Waals surface area contributed by atoms with Crippen molar-refractivity contribution in [2.24, 2.45) is 0 Å². The van der Waals surface area contributed by atoms with Crippen LogP contribution in [0.5, 0.6) is 0 Å². The summed E-state index contributed by atoms with van der Waals surface area (Å²) in [6.45, 7) is 3.49. The van der Waals surface area contributed by atoms with Gasteiger partial charge in [-0.3, -0.25) is 0 Å². The largest absolute Gasteiger partial charge is 0.462 e. The lowest BCUT2D eigenvalue weighted by atomic mass is 10.1. The standard InChI is InChI=1S/C24H26N4O5S/c1-2-32-23(29)20-14-25-24(26-15-20)28-12-13-33-21(17-28)16-27-34(30,31)22-10-8-19(9-11-22)18-6-4-3-5-7-18/h3-11,14-15,21,27H,2,12-13,16-17H2,1H3. The van der Waals surface area contributed by atoms with Crippen LogP contribution in [0.15, 0.2) is 71.9 Å². The van der Waals surface area contributed by atoms with Crippen LogP contribution in [-0.4, -0.2) is 63.3 Å². The van der Waals surface area contributed by atoms with Crippen LogP contribution in [0, 0.1) is 0 Å². The van der Waals surface area contributed by atoms with E-state index in [-0.39, 0.29) is 29.7 Å². The number of hydrogen-bond acceptors (Lipinski definition) is 8. The number of aromatic nitrogens is 2. The van der Waals surface area contributed by atoms with Crippen molar-refractivity contribution in [2.45, 2.75) is 17.9 Å². The van der Waals surface area contributed by atoms with E-state index >= 15 is 0 Å². The molecule has 10 heteroatoms. The van der Waals surface area contributed by atoms with Crippen molar-refractivity contribution < 1.29 is 22.7 Å². The first kappa shape index (κ1) is 23.8. The minimum Gasteiger partial charge on any atom is -0.462 e. The van der Waals surface area contributed by atoms with Crippen molar-refractivity contribution in [3.63, 3.8) is 0 Å². The van der Waals surface area contributed by atoms with Gasteiger partial charge in [0.15, 0.2) is 0 Å². The summed E-state index contributed by atoms with van der Waals surface area (Å²) in [4.78, 5) is 22.4. The predicted octanol–water partition coefficient (Wildman–Crippen LogP) is 2.50. The average molecular weight is 483 g/mol. The Morgan fingerprint density at radius 1 is 1.09 bits per heavy atom. The second-order valence-corrected chi connectivity index (χ2v) is 9.44. The normalized spacial score (nSPS) is 16.3. The van der Waals surface area contributed by atoms with Gasteiger partial charge in [0.1, 0.15) is 0 Å². The fourth-order valence-corrected chi connectivity index (χ4v) is 4.64. The van der Waals surface area contributed by atoms with E-state index in [1.807, 2.05) is 35.2 Å². The maximum absolute atomic E-state index is 12.8. The van der Waals surface area contributed by atoms with Gasteiger partial charge in [0.25, 0.3) is 0 Å². The smallest absolute Gasteiger partial charge is 0.341 e. The monoisotopic (exact) mass is 482 g/mol. The van der Waals surface area contributed by atoms with Gasteiger partial charge in [0, 0.05) is 32.0 Å². The van der Waals surface area contributed by atoms with E-state index in [4.69, 9.17) is 9.47 Å². The fraction of sp³-hybridized carbons (Fsp3) is 0.292. The first-order valence-corrected chi connectivity index (χ1v) is 12.5. The molecule has 4 rings (SSSR count). The van der Waals surface area contributed by atoms with Gasteiger partial charge in [-0.05, 0) is 30.2 Å². The summed E-state index contributed by atoms with van der Waals surface area (Å²) in [5.41, 5.74) is 2.24. The molecule has 0 bridgehead atoms. The zero-order chi connectivity index (χ0) is 24.0. The van der Waals surface area contributed by atoms with E-state index in [2.05, 4.69) is 14.7 Å². The molecule has 0 saturated carbocycles. The van der Waals surface area contributed by atoms with Crippen LogP contribution in [0.4, 0.5) is 5.95 Å². The third kappa shape index (κ3) is 5.77. The Hall–Kier alpha value is -3.34. The fourth-order valence-electron chi connectivity index (χ4n) is 3.57. The number of carbonyl (C=O) groups is 1. The second-order valence-electron chi connectivity index (χ2n) is 7.67. The molecule has 1 unspecified atom stereocenters. The number of rotatable bonds is 8. The molecule has 2 aromatic carbocycles. The summed E-state index contributed by atoms with van der Waals surface area (Å²) in [7, 11) is -3.69. The van der Waals surface area contributed by atoms with Crippen LogP contribution in [0.3, 0.4) is 0 Å². The highest BCUT2D eigenvalue weighted by atomic mass is 32.2. The van der Waals surface area contributed by atoms with Gasteiger partial charge in [-0.25, -0.2) is 27.9 Å². The van der Waals surface area contributed by atoms with Gasteiger partial charge in [-0.15, -0.1) is 0 Å². The lowest BCUT2D eigenvalue weighted by Gasteiger charge is -2.33. The first-order chi connectivity index (χ1) is 16.5. The molecule has 1 aromatic heterocycles. The van der Waals surface area contributed by atoms with Gasteiger partial charge in [-0.1, -0.05) is 42.5 Å². The number of morpholine rings is 1. The lowest BCUT2D eigenvalue weighted by Crippen LogP contribution is -2.48. The van der Waals surface area contributed by atoms with Gasteiger partial charge in [0.05, 0.1) is 29.8 Å². The molecule has 0 amide bonds. The van der Waals surface area contributed by atoms with Crippen molar-refractivity contribution in [1.29, 1.82) is 0 Å². The predicted molar refractivity (Wildman–Crippen MR) is 127 cm³/mol. The Kier molecular flexibility index (Phi) is 7.51. The van der Waals surface area contributed by atoms with E-state index in [9.17, 15) is 13.2 Å². The molecule has 1 N–H and O–H groups in total. The van der Waals surface area contributed by atoms with Crippen molar-refractivity contribution in [1.82, 2.24) is 14.7 Å². The van der Waals surface area contributed by atoms with Crippen LogP contribution < -0.4 is 9.62 Å². The minimum atomic E-state index is -3.69. The highest BCUT2D eigenvalue weighted by molar-refractivity contribution is 7.89. The highest BCUT2D eigenvalue weighted by Crippen LogP contribution is 2.21. The number of benzene rings is 2. The Labute approximate surface area is 198 Å². The number of hydrogen-bond donors (Lipinski definition) is 1. The van der Waals surface area contributed by atoms with Crippen LogP contribution in [0.25, 0.3) is 11.1 Å². The Morgan fingerprint density at radius 3 is 2.44 bits per heavy atom. The number of carbonyl (C=O) groups excluding carboxylic acids is 1. The van der Waals surface area contributed by atoms with Crippen molar-refractivity contribution >= 4 is 21.9 Å². The molecular formula is C24H26N4O5S. The zero-order valence-electron chi connectivity index (χ0n) is 18.8. The third-order valence-electron chi connectivity index (χ3n) is 5.34. The number of nitrogens with zero attached hydrogens (tertiary/aromatic N) is 3. The molecule has 0 spiro atoms. The molecule has 1 aliphatic rings. The summed E-state index contributed by atoms with van der Waals surface area (Å²) < 4.78 is 38.9. The van der Waals surface area contributed by atoms with Crippen molar-refractivity contribution in [2.75, 3.05) is 37.7 Å². The molecule has 178 valence electrons. The van der Waals surface area contributed by atoms with Gasteiger partial charge in [0.2, 0.25) is 16.0 Å². The number of esters is 1. The van der Waals surface area contributed by atoms with E-state index in [1.54, 1.807) is 31.2 Å². The molecule has 34 heavy (non-hydrogen) atoms. The molecule has 0 radical (unpaired) electrons.